The van der Waals surface area contributed by atoms with Crippen LogP contribution in [0.5, 0.6) is 0 Å². The van der Waals surface area contributed by atoms with E-state index in [0.717, 1.165) is 5.56 Å². The molecule has 0 radical (unpaired) electrons. The molecule has 2 rings (SSSR count). The fourth-order valence-electron chi connectivity index (χ4n) is 1.69. The van der Waals surface area contributed by atoms with E-state index in [2.05, 4.69) is 21.2 Å². The Balaban J connectivity index is 2.50. The third kappa shape index (κ3) is 1.87. The number of amides is 1. The smallest absolute Gasteiger partial charge is 0.253 e. The van der Waals surface area contributed by atoms with Crippen LogP contribution in [0.1, 0.15) is 33.2 Å². The number of alkyl halides is 1. The average Bonchev–Trinajstić information content (AvgIpc) is 2.59. The van der Waals surface area contributed by atoms with Gasteiger partial charge in [-0.1, -0.05) is 27.5 Å². The summed E-state index contributed by atoms with van der Waals surface area (Å²) in [6.07, 6.45) is 0. The predicted molar refractivity (Wildman–Crippen MR) is 65.3 cm³/mol. The molecule has 1 heterocycles. The molecule has 3 nitrogen and oxygen atoms in total. The van der Waals surface area contributed by atoms with Crippen molar-refractivity contribution in [1.29, 1.82) is 0 Å². The molecular weight excluding hydrogens is 293 g/mol. The van der Waals surface area contributed by atoms with Gasteiger partial charge in [0, 0.05) is 12.1 Å². The second-order valence-electron chi connectivity index (χ2n) is 3.66. The Morgan fingerprint density at radius 1 is 1.56 bits per heavy atom. The zero-order valence-electron chi connectivity index (χ0n) is 8.51. The van der Waals surface area contributed by atoms with Crippen LogP contribution in [0, 0.1) is 0 Å². The third-order valence-corrected chi connectivity index (χ3v) is 3.20. The summed E-state index contributed by atoms with van der Waals surface area (Å²) in [6.45, 7) is 2.19. The van der Waals surface area contributed by atoms with E-state index in [-0.39, 0.29) is 16.5 Å². The van der Waals surface area contributed by atoms with Gasteiger partial charge in [-0.05, 0) is 24.6 Å². The lowest BCUT2D eigenvalue weighted by Crippen LogP contribution is -2.12. The number of carbonyl (C=O) groups is 2. The van der Waals surface area contributed by atoms with Crippen LogP contribution in [0.25, 0.3) is 0 Å². The highest BCUT2D eigenvalue weighted by molar-refractivity contribution is 9.10. The summed E-state index contributed by atoms with van der Waals surface area (Å²) >= 11 is 9.21. The number of nitrogens with one attached hydrogen (secondary N) is 1. The zero-order valence-corrected chi connectivity index (χ0v) is 10.9. The van der Waals surface area contributed by atoms with Crippen LogP contribution < -0.4 is 5.32 Å². The predicted octanol–water partition coefficient (Wildman–Crippen LogP) is 2.55. The van der Waals surface area contributed by atoms with E-state index in [1.54, 1.807) is 19.1 Å². The van der Waals surface area contributed by atoms with Crippen LogP contribution in [-0.2, 0) is 6.54 Å². The second-order valence-corrected chi connectivity index (χ2v) is 5.44. The molecule has 0 saturated carbocycles. The number of ketones is 1. The number of Topliss-reactive ketones (excluding diaryl/α,β-unsaturated/α-hetero) is 1. The molecule has 0 fully saturated rings. The van der Waals surface area contributed by atoms with Crippen LogP contribution in [0.3, 0.4) is 0 Å². The van der Waals surface area contributed by atoms with E-state index in [1.165, 1.54) is 0 Å². The molecule has 84 valence electrons. The lowest BCUT2D eigenvalue weighted by atomic mass is 10.0. The molecule has 1 aliphatic heterocycles. The summed E-state index contributed by atoms with van der Waals surface area (Å²) in [5.41, 5.74) is 1.80. The quantitative estimate of drug-likeness (QED) is 0.674. The maximum atomic E-state index is 11.8. The summed E-state index contributed by atoms with van der Waals surface area (Å²) < 4.78 is 0. The lowest BCUT2D eigenvalue weighted by Gasteiger charge is -2.06. The lowest BCUT2D eigenvalue weighted by molar-refractivity contribution is 0.0963. The van der Waals surface area contributed by atoms with Gasteiger partial charge in [0.1, 0.15) is 0 Å². The monoisotopic (exact) mass is 301 g/mol. The highest BCUT2D eigenvalue weighted by Crippen LogP contribution is 2.27. The summed E-state index contributed by atoms with van der Waals surface area (Å²) in [7, 11) is 0. The van der Waals surface area contributed by atoms with Crippen molar-refractivity contribution in [2.24, 2.45) is 0 Å². The summed E-state index contributed by atoms with van der Waals surface area (Å²) in [4.78, 5) is 22.9. The second kappa shape index (κ2) is 4.18. The summed E-state index contributed by atoms with van der Waals surface area (Å²) in [5.74, 6) is -0.213. The first-order chi connectivity index (χ1) is 7.50. The van der Waals surface area contributed by atoms with Gasteiger partial charge in [0.25, 0.3) is 5.91 Å². The van der Waals surface area contributed by atoms with E-state index < -0.39 is 0 Å². The van der Waals surface area contributed by atoms with Gasteiger partial charge >= 0.3 is 0 Å². The van der Waals surface area contributed by atoms with Gasteiger partial charge < -0.3 is 5.32 Å². The van der Waals surface area contributed by atoms with E-state index in [1.807, 2.05) is 0 Å². The van der Waals surface area contributed by atoms with Gasteiger partial charge in [0.15, 0.2) is 5.78 Å². The zero-order chi connectivity index (χ0) is 11.9. The molecule has 1 unspecified atom stereocenters. The number of fused-ring (bicyclic) bond motifs is 1. The maximum Gasteiger partial charge on any atom is 0.253 e. The highest BCUT2D eigenvalue weighted by Gasteiger charge is 2.24. The van der Waals surface area contributed by atoms with Crippen molar-refractivity contribution in [2.45, 2.75) is 18.3 Å². The molecule has 0 spiro atoms. The van der Waals surface area contributed by atoms with Crippen molar-refractivity contribution in [3.05, 3.63) is 33.8 Å². The first kappa shape index (κ1) is 11.6. The van der Waals surface area contributed by atoms with Crippen LogP contribution in [0.4, 0.5) is 0 Å². The standard InChI is InChI=1S/C11H9BrClNO2/c1-5(12)10(15)6-2-7-4-14-11(16)9(7)8(13)3-6/h2-3,5H,4H2,1H3,(H,14,16). The molecule has 0 aliphatic carbocycles. The van der Waals surface area contributed by atoms with Crippen LogP contribution in [0.2, 0.25) is 5.02 Å². The molecule has 1 aromatic carbocycles. The molecule has 0 bridgehead atoms. The van der Waals surface area contributed by atoms with Gasteiger partial charge in [-0.2, -0.15) is 0 Å². The van der Waals surface area contributed by atoms with Crippen LogP contribution in [0.15, 0.2) is 12.1 Å². The first-order valence-corrected chi connectivity index (χ1v) is 6.09. The average molecular weight is 303 g/mol. The number of hydrogen-bond donors (Lipinski definition) is 1. The minimum absolute atomic E-state index is 0.0379. The van der Waals surface area contributed by atoms with E-state index in [0.29, 0.717) is 22.7 Å². The Bertz CT molecular complexity index is 485. The van der Waals surface area contributed by atoms with Crippen molar-refractivity contribution in [3.8, 4) is 0 Å². The normalized spacial score (nSPS) is 15.6. The fraction of sp³-hybridized carbons (Fsp3) is 0.273. The fourth-order valence-corrected chi connectivity index (χ4v) is 2.28. The molecule has 5 heteroatoms. The van der Waals surface area contributed by atoms with Crippen LogP contribution in [-0.4, -0.2) is 16.5 Å². The Kier molecular flexibility index (Phi) is 3.04. The molecule has 1 aliphatic rings. The SMILES string of the molecule is CC(Br)C(=O)c1cc(Cl)c2c(c1)CNC2=O. The Hall–Kier alpha value is -0.870. The number of halogens is 2. The van der Waals surface area contributed by atoms with Crippen LogP contribution >= 0.6 is 27.5 Å². The molecule has 0 saturated heterocycles. The van der Waals surface area contributed by atoms with Crippen molar-refractivity contribution in [1.82, 2.24) is 5.32 Å². The Labute approximate surface area is 106 Å². The molecule has 16 heavy (non-hydrogen) atoms. The van der Waals surface area contributed by atoms with Crippen molar-refractivity contribution in [3.63, 3.8) is 0 Å². The highest BCUT2D eigenvalue weighted by atomic mass is 79.9. The summed E-state index contributed by atoms with van der Waals surface area (Å²) in [6, 6.07) is 3.27. The maximum absolute atomic E-state index is 11.8. The van der Waals surface area contributed by atoms with Crippen molar-refractivity contribution < 1.29 is 9.59 Å². The minimum Gasteiger partial charge on any atom is -0.348 e. The number of hydrogen-bond acceptors (Lipinski definition) is 2. The molecule has 1 atom stereocenters. The number of rotatable bonds is 2. The molecule has 1 amide bonds. The van der Waals surface area contributed by atoms with E-state index in [9.17, 15) is 9.59 Å². The van der Waals surface area contributed by atoms with Gasteiger partial charge in [-0.15, -0.1) is 0 Å². The Morgan fingerprint density at radius 3 is 2.88 bits per heavy atom. The molecule has 1 aromatic rings. The third-order valence-electron chi connectivity index (χ3n) is 2.48. The number of carbonyl (C=O) groups excluding carboxylic acids is 2. The molecule has 1 N–H and O–H groups in total. The van der Waals surface area contributed by atoms with Gasteiger partial charge in [-0.3, -0.25) is 9.59 Å². The van der Waals surface area contributed by atoms with Gasteiger partial charge in [0.05, 0.1) is 15.4 Å². The largest absolute Gasteiger partial charge is 0.348 e. The molecule has 0 aromatic heterocycles. The minimum atomic E-state index is -0.258. The molecular formula is C11H9BrClNO2. The van der Waals surface area contributed by atoms with Crippen molar-refractivity contribution in [2.75, 3.05) is 0 Å². The number of benzene rings is 1. The van der Waals surface area contributed by atoms with Crippen molar-refractivity contribution >= 4 is 39.2 Å². The topological polar surface area (TPSA) is 46.2 Å². The van der Waals surface area contributed by atoms with Gasteiger partial charge in [0.2, 0.25) is 0 Å². The first-order valence-electron chi connectivity index (χ1n) is 4.79. The van der Waals surface area contributed by atoms with E-state index in [4.69, 9.17) is 11.6 Å². The Morgan fingerprint density at radius 2 is 2.25 bits per heavy atom. The van der Waals surface area contributed by atoms with E-state index >= 15 is 0 Å². The summed E-state index contributed by atoms with van der Waals surface area (Å²) in [5, 5.41) is 3.01. The van der Waals surface area contributed by atoms with Gasteiger partial charge in [-0.25, -0.2) is 0 Å².